The van der Waals surface area contributed by atoms with Crippen molar-refractivity contribution < 1.29 is 27.5 Å². The number of sulfone groups is 1. The van der Waals surface area contributed by atoms with Gasteiger partial charge in [-0.2, -0.15) is 0 Å². The van der Waals surface area contributed by atoms with E-state index >= 15 is 0 Å². The van der Waals surface area contributed by atoms with Gasteiger partial charge in [0.25, 0.3) is 5.91 Å². The second-order valence-corrected chi connectivity index (χ2v) is 9.32. The zero-order valence-corrected chi connectivity index (χ0v) is 15.3. The highest BCUT2D eigenvalue weighted by Gasteiger charge is 2.34. The number of benzene rings is 1. The Morgan fingerprint density at radius 2 is 2.12 bits per heavy atom. The Labute approximate surface area is 150 Å². The van der Waals surface area contributed by atoms with Crippen molar-refractivity contribution in [2.24, 2.45) is 0 Å². The topological polar surface area (TPSA) is 90.0 Å². The van der Waals surface area contributed by atoms with Crippen LogP contribution >= 0.6 is 11.8 Å². The van der Waals surface area contributed by atoms with E-state index in [0.717, 1.165) is 4.90 Å². The summed E-state index contributed by atoms with van der Waals surface area (Å²) in [5.41, 5.74) is 0. The molecule has 0 saturated carbocycles. The number of carbonyl (C=O) groups excluding carboxylic acids is 2. The molecule has 136 valence electrons. The summed E-state index contributed by atoms with van der Waals surface area (Å²) in [5, 5.41) is 0. The minimum absolute atomic E-state index is 0.0393. The molecule has 1 aromatic carbocycles. The Kier molecular flexibility index (Phi) is 5.24. The molecule has 3 rings (SSSR count). The Bertz CT molecular complexity index is 779. The molecule has 0 aromatic heterocycles. The van der Waals surface area contributed by atoms with Crippen molar-refractivity contribution in [3.63, 3.8) is 0 Å². The summed E-state index contributed by atoms with van der Waals surface area (Å²) in [6.45, 7) is -0.419. The molecule has 25 heavy (non-hydrogen) atoms. The normalized spacial score (nSPS) is 24.0. The SMILES string of the molecule is CN(C(=O)COC(=O)[C@H]1CSc2ccccc2O1)[C@H]1CCS(=O)(=O)C1. The lowest BCUT2D eigenvalue weighted by atomic mass is 10.2. The van der Waals surface area contributed by atoms with E-state index in [4.69, 9.17) is 9.47 Å². The first kappa shape index (κ1) is 18.1. The standard InChI is InChI=1S/C16H19NO6S2/c1-17(11-6-7-25(20,21)10-11)15(18)8-22-16(19)13-9-24-14-5-3-2-4-12(14)23-13/h2-5,11,13H,6-10H2,1H3/t11-,13+/m0/s1. The molecule has 2 heterocycles. The third kappa shape index (κ3) is 4.27. The van der Waals surface area contributed by atoms with E-state index in [1.165, 1.54) is 23.7 Å². The minimum Gasteiger partial charge on any atom is -0.477 e. The van der Waals surface area contributed by atoms with Gasteiger partial charge in [0.1, 0.15) is 5.75 Å². The number of esters is 1. The third-order valence-corrected chi connectivity index (χ3v) is 7.13. The molecule has 0 bridgehead atoms. The average Bonchev–Trinajstić information content (AvgIpc) is 2.98. The van der Waals surface area contributed by atoms with Gasteiger partial charge >= 0.3 is 5.97 Å². The zero-order valence-electron chi connectivity index (χ0n) is 13.7. The van der Waals surface area contributed by atoms with E-state index in [9.17, 15) is 18.0 Å². The van der Waals surface area contributed by atoms with Gasteiger partial charge in [0.2, 0.25) is 6.10 Å². The summed E-state index contributed by atoms with van der Waals surface area (Å²) in [6, 6.07) is 7.05. The highest BCUT2D eigenvalue weighted by Crippen LogP contribution is 2.35. The molecule has 1 aromatic rings. The number of thioether (sulfide) groups is 1. The summed E-state index contributed by atoms with van der Waals surface area (Å²) in [4.78, 5) is 26.6. The van der Waals surface area contributed by atoms with E-state index in [-0.39, 0.29) is 17.5 Å². The van der Waals surface area contributed by atoms with Crippen LogP contribution in [-0.4, -0.2) is 68.3 Å². The van der Waals surface area contributed by atoms with Crippen molar-refractivity contribution >= 4 is 33.5 Å². The fourth-order valence-electron chi connectivity index (χ4n) is 2.75. The number of likely N-dealkylation sites (N-methyl/N-ethyl adjacent to an activating group) is 1. The van der Waals surface area contributed by atoms with Crippen molar-refractivity contribution in [2.75, 3.05) is 30.9 Å². The van der Waals surface area contributed by atoms with E-state index < -0.39 is 34.4 Å². The van der Waals surface area contributed by atoms with Gasteiger partial charge in [-0.25, -0.2) is 13.2 Å². The van der Waals surface area contributed by atoms with Crippen molar-refractivity contribution in [3.8, 4) is 5.75 Å². The average molecular weight is 385 g/mol. The van der Waals surface area contributed by atoms with Crippen LogP contribution < -0.4 is 4.74 Å². The fraction of sp³-hybridized carbons (Fsp3) is 0.500. The first-order valence-electron chi connectivity index (χ1n) is 7.87. The maximum absolute atomic E-state index is 12.1. The Morgan fingerprint density at radius 3 is 2.84 bits per heavy atom. The van der Waals surface area contributed by atoms with Gasteiger partial charge < -0.3 is 14.4 Å². The lowest BCUT2D eigenvalue weighted by Crippen LogP contribution is -2.42. The number of ether oxygens (including phenoxy) is 2. The molecule has 2 atom stereocenters. The van der Waals surface area contributed by atoms with Crippen LogP contribution in [0.1, 0.15) is 6.42 Å². The van der Waals surface area contributed by atoms with Crippen LogP contribution in [0.2, 0.25) is 0 Å². The summed E-state index contributed by atoms with van der Waals surface area (Å²) in [7, 11) is -1.54. The monoisotopic (exact) mass is 385 g/mol. The summed E-state index contributed by atoms with van der Waals surface area (Å²) in [6.07, 6.45) is -0.345. The predicted molar refractivity (Wildman–Crippen MR) is 92.4 cm³/mol. The number of para-hydroxylation sites is 1. The first-order valence-corrected chi connectivity index (χ1v) is 10.7. The second-order valence-electron chi connectivity index (χ2n) is 6.03. The molecule has 2 aliphatic heterocycles. The number of hydrogen-bond donors (Lipinski definition) is 0. The van der Waals surface area contributed by atoms with E-state index in [1.54, 1.807) is 6.07 Å². The van der Waals surface area contributed by atoms with Crippen molar-refractivity contribution in [1.82, 2.24) is 4.90 Å². The van der Waals surface area contributed by atoms with E-state index in [1.807, 2.05) is 18.2 Å². The molecule has 9 heteroatoms. The maximum Gasteiger partial charge on any atom is 0.348 e. The molecule has 0 aliphatic carbocycles. The molecule has 0 unspecified atom stereocenters. The predicted octanol–water partition coefficient (Wildman–Crippen LogP) is 0.728. The molecule has 1 saturated heterocycles. The van der Waals surface area contributed by atoms with E-state index in [0.29, 0.717) is 17.9 Å². The van der Waals surface area contributed by atoms with Gasteiger partial charge in [0.05, 0.1) is 11.5 Å². The quantitative estimate of drug-likeness (QED) is 0.706. The van der Waals surface area contributed by atoms with Crippen molar-refractivity contribution in [1.29, 1.82) is 0 Å². The van der Waals surface area contributed by atoms with Crippen LogP contribution in [0, 0.1) is 0 Å². The van der Waals surface area contributed by atoms with Crippen LogP contribution in [-0.2, 0) is 24.2 Å². The largest absolute Gasteiger partial charge is 0.477 e. The molecule has 1 amide bonds. The molecule has 0 radical (unpaired) electrons. The number of fused-ring (bicyclic) bond motifs is 1. The van der Waals surface area contributed by atoms with Gasteiger partial charge in [0.15, 0.2) is 16.4 Å². The van der Waals surface area contributed by atoms with Crippen molar-refractivity contribution in [3.05, 3.63) is 24.3 Å². The number of amides is 1. The minimum atomic E-state index is -3.08. The Morgan fingerprint density at radius 1 is 1.36 bits per heavy atom. The lowest BCUT2D eigenvalue weighted by molar-refractivity contribution is -0.157. The number of hydrogen-bond acceptors (Lipinski definition) is 7. The Hall–Kier alpha value is -1.74. The van der Waals surface area contributed by atoms with E-state index in [2.05, 4.69) is 0 Å². The molecule has 7 nitrogen and oxygen atoms in total. The zero-order chi connectivity index (χ0) is 18.0. The Balaban J connectivity index is 1.50. The maximum atomic E-state index is 12.1. The van der Waals surface area contributed by atoms with Gasteiger partial charge in [0, 0.05) is 23.7 Å². The molecular weight excluding hydrogens is 366 g/mol. The lowest BCUT2D eigenvalue weighted by Gasteiger charge is -2.25. The van der Waals surface area contributed by atoms with Crippen LogP contribution in [0.3, 0.4) is 0 Å². The van der Waals surface area contributed by atoms with Crippen molar-refractivity contribution in [2.45, 2.75) is 23.5 Å². The van der Waals surface area contributed by atoms with Gasteiger partial charge in [-0.3, -0.25) is 4.79 Å². The van der Waals surface area contributed by atoms with Crippen LogP contribution in [0.15, 0.2) is 29.2 Å². The number of rotatable bonds is 4. The summed E-state index contributed by atoms with van der Waals surface area (Å²) >= 11 is 1.50. The fourth-order valence-corrected chi connectivity index (χ4v) is 5.49. The summed E-state index contributed by atoms with van der Waals surface area (Å²) < 4.78 is 33.7. The molecule has 2 aliphatic rings. The first-order chi connectivity index (χ1) is 11.9. The molecule has 1 fully saturated rings. The molecule has 0 N–H and O–H groups in total. The molecule has 0 spiro atoms. The summed E-state index contributed by atoms with van der Waals surface area (Å²) in [5.74, 6) is 0.0764. The highest BCUT2D eigenvalue weighted by atomic mass is 32.2. The van der Waals surface area contributed by atoms with Gasteiger partial charge in [-0.05, 0) is 18.6 Å². The highest BCUT2D eigenvalue weighted by molar-refractivity contribution is 7.99. The second kappa shape index (κ2) is 7.25. The third-order valence-electron chi connectivity index (χ3n) is 4.26. The van der Waals surface area contributed by atoms with Crippen LogP contribution in [0.25, 0.3) is 0 Å². The van der Waals surface area contributed by atoms with Crippen LogP contribution in [0.4, 0.5) is 0 Å². The smallest absolute Gasteiger partial charge is 0.348 e. The van der Waals surface area contributed by atoms with Gasteiger partial charge in [-0.1, -0.05) is 12.1 Å². The molecular formula is C16H19NO6S2. The van der Waals surface area contributed by atoms with Gasteiger partial charge in [-0.15, -0.1) is 11.8 Å². The van der Waals surface area contributed by atoms with Crippen LogP contribution in [0.5, 0.6) is 5.75 Å². The number of nitrogens with zero attached hydrogens (tertiary/aromatic N) is 1. The number of carbonyl (C=O) groups is 2.